The number of rotatable bonds is 5. The van der Waals surface area contributed by atoms with Gasteiger partial charge in [-0.25, -0.2) is 0 Å². The van der Waals surface area contributed by atoms with Crippen LogP contribution in [-0.2, 0) is 9.59 Å². The molecule has 0 heterocycles. The van der Waals surface area contributed by atoms with E-state index in [4.69, 9.17) is 22.1 Å². The van der Waals surface area contributed by atoms with Crippen molar-refractivity contribution in [3.8, 4) is 5.75 Å². The predicted octanol–water partition coefficient (Wildman–Crippen LogP) is 2.27. The smallest absolute Gasteiger partial charge is 0.261 e. The largest absolute Gasteiger partial charge is 0.481 e. The summed E-state index contributed by atoms with van der Waals surface area (Å²) in [5.41, 5.74) is 5.41. The molecule has 120 valence electrons. The minimum Gasteiger partial charge on any atom is -0.481 e. The maximum absolute atomic E-state index is 12.2. The Bertz CT molecular complexity index is 550. The number of primary amides is 1. The molecule has 2 amide bonds. The number of hydrogen-bond acceptors (Lipinski definition) is 3. The van der Waals surface area contributed by atoms with Gasteiger partial charge in [0.05, 0.1) is 5.92 Å². The van der Waals surface area contributed by atoms with Crippen molar-refractivity contribution in [2.45, 2.75) is 44.8 Å². The summed E-state index contributed by atoms with van der Waals surface area (Å²) in [5.74, 6) is -0.368. The topological polar surface area (TPSA) is 81.4 Å². The summed E-state index contributed by atoms with van der Waals surface area (Å²) in [4.78, 5) is 23.7. The highest BCUT2D eigenvalue weighted by atomic mass is 35.5. The fraction of sp³-hybridized carbons (Fsp3) is 0.500. The summed E-state index contributed by atoms with van der Waals surface area (Å²) in [7, 11) is 0. The molecule has 0 aromatic heterocycles. The van der Waals surface area contributed by atoms with Gasteiger partial charge in [0.15, 0.2) is 6.10 Å². The molecule has 22 heavy (non-hydrogen) atoms. The second-order valence-corrected chi connectivity index (χ2v) is 6.06. The fourth-order valence-corrected chi connectivity index (χ4v) is 2.92. The Morgan fingerprint density at radius 1 is 1.36 bits per heavy atom. The molecule has 3 atom stereocenters. The third-order valence-corrected chi connectivity index (χ3v) is 4.17. The molecule has 0 aliphatic heterocycles. The van der Waals surface area contributed by atoms with Crippen molar-refractivity contribution in [3.63, 3.8) is 0 Å². The molecule has 0 bridgehead atoms. The summed E-state index contributed by atoms with van der Waals surface area (Å²) < 4.78 is 5.58. The molecule has 0 saturated heterocycles. The van der Waals surface area contributed by atoms with Crippen LogP contribution in [0.1, 0.15) is 32.6 Å². The number of ether oxygens (including phenoxy) is 1. The lowest BCUT2D eigenvalue weighted by atomic mass is 9.84. The minimum atomic E-state index is -0.672. The van der Waals surface area contributed by atoms with Gasteiger partial charge in [-0.15, -0.1) is 0 Å². The zero-order chi connectivity index (χ0) is 16.1. The standard InChI is InChI=1S/C16H21ClN2O3/c1-10(22-12-6-4-5-11(17)9-12)16(21)19-14-8-3-2-7-13(14)15(18)20/h4-6,9-10,13-14H,2-3,7-8H2,1H3,(H2,18,20)(H,19,21)/t10-,13-,14+/m0/s1. The van der Waals surface area contributed by atoms with E-state index in [9.17, 15) is 9.59 Å². The zero-order valence-corrected chi connectivity index (χ0v) is 13.3. The first-order valence-electron chi connectivity index (χ1n) is 7.49. The minimum absolute atomic E-state index is 0.204. The van der Waals surface area contributed by atoms with Gasteiger partial charge in [-0.05, 0) is 38.0 Å². The molecule has 5 nitrogen and oxygen atoms in total. The summed E-state index contributed by atoms with van der Waals surface area (Å²) in [6.45, 7) is 1.67. The SMILES string of the molecule is C[C@H](Oc1cccc(Cl)c1)C(=O)N[C@@H]1CCCC[C@@H]1C(N)=O. The number of halogens is 1. The Hall–Kier alpha value is -1.75. The van der Waals surface area contributed by atoms with Crippen molar-refractivity contribution >= 4 is 23.4 Å². The first-order chi connectivity index (χ1) is 10.5. The molecule has 0 radical (unpaired) electrons. The number of hydrogen-bond donors (Lipinski definition) is 2. The van der Waals surface area contributed by atoms with Gasteiger partial charge in [0.2, 0.25) is 5.91 Å². The van der Waals surface area contributed by atoms with Crippen LogP contribution < -0.4 is 15.8 Å². The Morgan fingerprint density at radius 2 is 2.09 bits per heavy atom. The van der Waals surface area contributed by atoms with E-state index in [2.05, 4.69) is 5.32 Å². The van der Waals surface area contributed by atoms with E-state index in [-0.39, 0.29) is 23.8 Å². The molecular formula is C16H21ClN2O3. The number of nitrogens with one attached hydrogen (secondary N) is 1. The van der Waals surface area contributed by atoms with Crippen LogP contribution >= 0.6 is 11.6 Å². The molecule has 1 aliphatic carbocycles. The fourth-order valence-electron chi connectivity index (χ4n) is 2.74. The Labute approximate surface area is 135 Å². The molecule has 2 rings (SSSR count). The predicted molar refractivity (Wildman–Crippen MR) is 84.6 cm³/mol. The molecule has 1 fully saturated rings. The number of amides is 2. The zero-order valence-electron chi connectivity index (χ0n) is 12.5. The maximum atomic E-state index is 12.2. The Morgan fingerprint density at radius 3 is 2.77 bits per heavy atom. The Kier molecular flexibility index (Phi) is 5.66. The van der Waals surface area contributed by atoms with Crippen molar-refractivity contribution in [1.82, 2.24) is 5.32 Å². The van der Waals surface area contributed by atoms with Gasteiger partial charge >= 0.3 is 0 Å². The number of carbonyl (C=O) groups excluding carboxylic acids is 2. The maximum Gasteiger partial charge on any atom is 0.261 e. The van der Waals surface area contributed by atoms with Crippen LogP contribution in [0.25, 0.3) is 0 Å². The average Bonchev–Trinajstić information content (AvgIpc) is 2.47. The van der Waals surface area contributed by atoms with Crippen molar-refractivity contribution in [2.24, 2.45) is 11.7 Å². The van der Waals surface area contributed by atoms with Crippen LogP contribution in [0.15, 0.2) is 24.3 Å². The molecule has 1 saturated carbocycles. The van der Waals surface area contributed by atoms with Gasteiger partial charge in [-0.1, -0.05) is 30.5 Å². The van der Waals surface area contributed by atoms with Gasteiger partial charge in [-0.2, -0.15) is 0 Å². The summed E-state index contributed by atoms with van der Waals surface area (Å²) in [6.07, 6.45) is 2.77. The highest BCUT2D eigenvalue weighted by molar-refractivity contribution is 6.30. The molecule has 0 unspecified atom stereocenters. The quantitative estimate of drug-likeness (QED) is 0.871. The molecule has 3 N–H and O–H groups in total. The van der Waals surface area contributed by atoms with E-state index in [1.807, 2.05) is 0 Å². The van der Waals surface area contributed by atoms with E-state index in [0.29, 0.717) is 10.8 Å². The van der Waals surface area contributed by atoms with Crippen molar-refractivity contribution in [2.75, 3.05) is 0 Å². The van der Waals surface area contributed by atoms with E-state index in [1.165, 1.54) is 0 Å². The third kappa shape index (κ3) is 4.37. The van der Waals surface area contributed by atoms with Crippen molar-refractivity contribution < 1.29 is 14.3 Å². The normalized spacial score (nSPS) is 22.6. The lowest BCUT2D eigenvalue weighted by Gasteiger charge is -2.30. The second-order valence-electron chi connectivity index (χ2n) is 5.63. The molecule has 1 aromatic carbocycles. The summed E-state index contributed by atoms with van der Waals surface area (Å²) >= 11 is 5.89. The van der Waals surface area contributed by atoms with Crippen LogP contribution in [0.4, 0.5) is 0 Å². The molecular weight excluding hydrogens is 304 g/mol. The van der Waals surface area contributed by atoms with Gasteiger partial charge in [-0.3, -0.25) is 9.59 Å². The van der Waals surface area contributed by atoms with Crippen molar-refractivity contribution in [1.29, 1.82) is 0 Å². The van der Waals surface area contributed by atoms with Gasteiger partial charge < -0.3 is 15.8 Å². The molecule has 1 aromatic rings. The lowest BCUT2D eigenvalue weighted by Crippen LogP contribution is -2.50. The van der Waals surface area contributed by atoms with E-state index in [0.717, 1.165) is 25.7 Å². The summed E-state index contributed by atoms with van der Waals surface area (Å²) in [6, 6.07) is 6.68. The molecule has 6 heteroatoms. The van der Waals surface area contributed by atoms with Gasteiger partial charge in [0, 0.05) is 11.1 Å². The van der Waals surface area contributed by atoms with E-state index >= 15 is 0 Å². The van der Waals surface area contributed by atoms with Crippen molar-refractivity contribution in [3.05, 3.63) is 29.3 Å². The number of nitrogens with two attached hydrogens (primary N) is 1. The van der Waals surface area contributed by atoms with Gasteiger partial charge in [0.1, 0.15) is 5.75 Å². The third-order valence-electron chi connectivity index (χ3n) is 3.94. The first kappa shape index (κ1) is 16.6. The molecule has 1 aliphatic rings. The first-order valence-corrected chi connectivity index (χ1v) is 7.87. The molecule has 0 spiro atoms. The van der Waals surface area contributed by atoms with Crippen LogP contribution in [-0.4, -0.2) is 24.0 Å². The highest BCUT2D eigenvalue weighted by Crippen LogP contribution is 2.24. The van der Waals surface area contributed by atoms with E-state index < -0.39 is 6.10 Å². The van der Waals surface area contributed by atoms with Crippen LogP contribution in [0.3, 0.4) is 0 Å². The number of benzene rings is 1. The highest BCUT2D eigenvalue weighted by Gasteiger charge is 2.31. The second kappa shape index (κ2) is 7.49. The van der Waals surface area contributed by atoms with Gasteiger partial charge in [0.25, 0.3) is 5.91 Å². The van der Waals surface area contributed by atoms with Crippen LogP contribution in [0.5, 0.6) is 5.75 Å². The van der Waals surface area contributed by atoms with Crippen LogP contribution in [0, 0.1) is 5.92 Å². The summed E-state index contributed by atoms with van der Waals surface area (Å²) in [5, 5.41) is 3.43. The number of carbonyl (C=O) groups is 2. The Balaban J connectivity index is 1.94. The van der Waals surface area contributed by atoms with Crippen LogP contribution in [0.2, 0.25) is 5.02 Å². The monoisotopic (exact) mass is 324 g/mol. The van der Waals surface area contributed by atoms with E-state index in [1.54, 1.807) is 31.2 Å². The average molecular weight is 325 g/mol. The lowest BCUT2D eigenvalue weighted by molar-refractivity contribution is -0.130.